The van der Waals surface area contributed by atoms with Crippen molar-refractivity contribution in [2.45, 2.75) is 102 Å². The lowest BCUT2D eigenvalue weighted by molar-refractivity contribution is -0.115. The normalized spacial score (nSPS) is 29.1. The van der Waals surface area contributed by atoms with Crippen molar-refractivity contribution in [3.05, 3.63) is 34.9 Å². The van der Waals surface area contributed by atoms with Crippen LogP contribution in [-0.4, -0.2) is 29.8 Å². The van der Waals surface area contributed by atoms with Gasteiger partial charge in [0.25, 0.3) is 12.3 Å². The predicted molar refractivity (Wildman–Crippen MR) is 143 cm³/mol. The fraction of sp³-hybridized carbons (Fsp3) is 0.690. The third-order valence-corrected chi connectivity index (χ3v) is 9.77. The van der Waals surface area contributed by atoms with Gasteiger partial charge < -0.3 is 10.1 Å². The minimum absolute atomic E-state index is 0.0308. The molecule has 7 heteroatoms. The lowest BCUT2D eigenvalue weighted by Gasteiger charge is -2.34. The van der Waals surface area contributed by atoms with Gasteiger partial charge in [-0.2, -0.15) is 0 Å². The third-order valence-electron chi connectivity index (χ3n) is 8.36. The smallest absolute Gasteiger partial charge is 0.276 e. The summed E-state index contributed by atoms with van der Waals surface area (Å²) in [6.45, 7) is 8.73. The maximum absolute atomic E-state index is 13.9. The average molecular weight is 519 g/mol. The zero-order valence-electron chi connectivity index (χ0n) is 22.0. The molecule has 3 aliphatic rings. The quantitative estimate of drug-likeness (QED) is 0.378. The van der Waals surface area contributed by atoms with Gasteiger partial charge in [0.2, 0.25) is 0 Å². The highest BCUT2D eigenvalue weighted by atomic mass is 32.2. The monoisotopic (exact) mass is 518 g/mol. The van der Waals surface area contributed by atoms with Crippen LogP contribution in [0.2, 0.25) is 0 Å². The van der Waals surface area contributed by atoms with Gasteiger partial charge in [0.15, 0.2) is 5.04 Å². The van der Waals surface area contributed by atoms with Crippen LogP contribution in [0.15, 0.2) is 23.2 Å². The van der Waals surface area contributed by atoms with E-state index in [0.717, 1.165) is 49.5 Å². The van der Waals surface area contributed by atoms with E-state index in [1.165, 1.54) is 31.0 Å². The van der Waals surface area contributed by atoms with Gasteiger partial charge in [-0.25, -0.2) is 8.78 Å². The van der Waals surface area contributed by atoms with Crippen LogP contribution < -0.4 is 5.32 Å². The SMILES string of the molecule is CC(C)(C)c1cc(C(F)F)cc(C2(C)SC(C(=O)NCC3CC(C=O)C3)=NC2CC2CCCCC2)c1. The number of benzene rings is 1. The van der Waals surface area contributed by atoms with E-state index in [-0.39, 0.29) is 28.8 Å². The molecule has 4 rings (SSSR count). The lowest BCUT2D eigenvalue weighted by Crippen LogP contribution is -2.38. The Morgan fingerprint density at radius 1 is 1.17 bits per heavy atom. The molecule has 0 radical (unpaired) electrons. The van der Waals surface area contributed by atoms with Crippen LogP contribution in [0.5, 0.6) is 0 Å². The van der Waals surface area contributed by atoms with E-state index in [1.54, 1.807) is 12.1 Å². The van der Waals surface area contributed by atoms with E-state index in [4.69, 9.17) is 4.99 Å². The summed E-state index contributed by atoms with van der Waals surface area (Å²) in [5, 5.41) is 3.47. The molecule has 2 fully saturated rings. The highest BCUT2D eigenvalue weighted by Crippen LogP contribution is 2.50. The Bertz CT molecular complexity index is 993. The average Bonchev–Trinajstić information content (AvgIpc) is 3.15. The fourth-order valence-corrected chi connectivity index (χ4v) is 7.07. The van der Waals surface area contributed by atoms with E-state index in [9.17, 15) is 18.4 Å². The van der Waals surface area contributed by atoms with Crippen molar-refractivity contribution in [2.24, 2.45) is 22.7 Å². The summed E-state index contributed by atoms with van der Waals surface area (Å²) in [6, 6.07) is 5.16. The molecule has 1 heterocycles. The molecule has 0 aromatic heterocycles. The largest absolute Gasteiger partial charge is 0.350 e. The van der Waals surface area contributed by atoms with Crippen LogP contribution in [0.3, 0.4) is 0 Å². The van der Waals surface area contributed by atoms with Crippen molar-refractivity contribution in [3.63, 3.8) is 0 Å². The summed E-state index contributed by atoms with van der Waals surface area (Å²) >= 11 is 1.43. The Morgan fingerprint density at radius 2 is 1.86 bits per heavy atom. The highest BCUT2D eigenvalue weighted by Gasteiger charge is 2.46. The predicted octanol–water partition coefficient (Wildman–Crippen LogP) is 6.96. The molecule has 1 aromatic rings. The summed E-state index contributed by atoms with van der Waals surface area (Å²) < 4.78 is 27.3. The second kappa shape index (κ2) is 10.9. The summed E-state index contributed by atoms with van der Waals surface area (Å²) in [5.74, 6) is 0.809. The molecule has 1 aromatic carbocycles. The number of rotatable bonds is 8. The van der Waals surface area contributed by atoms with Gasteiger partial charge >= 0.3 is 0 Å². The van der Waals surface area contributed by atoms with E-state index >= 15 is 0 Å². The summed E-state index contributed by atoms with van der Waals surface area (Å²) in [6.07, 6.45) is 6.98. The van der Waals surface area contributed by atoms with Gasteiger partial charge in [-0.1, -0.05) is 70.7 Å². The Morgan fingerprint density at radius 3 is 2.47 bits per heavy atom. The first-order valence-corrected chi connectivity index (χ1v) is 14.3. The van der Waals surface area contributed by atoms with Gasteiger partial charge in [-0.05, 0) is 66.7 Å². The van der Waals surface area contributed by atoms with E-state index in [2.05, 4.69) is 18.3 Å². The number of amides is 1. The van der Waals surface area contributed by atoms with Gasteiger partial charge in [-0.3, -0.25) is 9.79 Å². The molecule has 0 saturated heterocycles. The number of halogens is 2. The maximum Gasteiger partial charge on any atom is 0.276 e. The molecular weight excluding hydrogens is 478 g/mol. The van der Waals surface area contributed by atoms with Crippen molar-refractivity contribution >= 4 is 29.0 Å². The van der Waals surface area contributed by atoms with E-state index < -0.39 is 11.2 Å². The van der Waals surface area contributed by atoms with Crippen molar-refractivity contribution in [1.82, 2.24) is 5.32 Å². The zero-order valence-corrected chi connectivity index (χ0v) is 22.8. The molecule has 0 spiro atoms. The van der Waals surface area contributed by atoms with Crippen LogP contribution in [0.1, 0.15) is 102 Å². The number of nitrogens with zero attached hydrogens (tertiary/aromatic N) is 1. The van der Waals surface area contributed by atoms with Crippen LogP contribution >= 0.6 is 11.8 Å². The standard InChI is InChI=1S/C29H40F2N2O2S/c1-28(2,3)22-13-21(25(30)31)14-23(15-22)29(4)24(12-18-8-6-5-7-9-18)33-27(36-29)26(35)32-16-19-10-20(11-19)17-34/h13-15,17-20,24-25H,5-12,16H2,1-4H3,(H,32,35). The number of aliphatic imine (C=N–C) groups is 1. The van der Waals surface area contributed by atoms with Crippen LogP contribution in [0.25, 0.3) is 0 Å². The van der Waals surface area contributed by atoms with Crippen molar-refractivity contribution in [3.8, 4) is 0 Å². The maximum atomic E-state index is 13.9. The summed E-state index contributed by atoms with van der Waals surface area (Å²) in [4.78, 5) is 29.0. The van der Waals surface area contributed by atoms with Gasteiger partial charge in [-0.15, -0.1) is 0 Å². The van der Waals surface area contributed by atoms with E-state index in [1.807, 2.05) is 20.8 Å². The number of hydrogen-bond donors (Lipinski definition) is 1. The Balaban J connectivity index is 1.60. The van der Waals surface area contributed by atoms with Crippen LogP contribution in [0.4, 0.5) is 8.78 Å². The molecule has 2 saturated carbocycles. The second-order valence-electron chi connectivity index (χ2n) is 12.2. The van der Waals surface area contributed by atoms with Crippen molar-refractivity contribution < 1.29 is 18.4 Å². The minimum atomic E-state index is -2.56. The molecule has 1 N–H and O–H groups in total. The number of hydrogen-bond acceptors (Lipinski definition) is 4. The molecule has 2 aliphatic carbocycles. The van der Waals surface area contributed by atoms with Gasteiger partial charge in [0.1, 0.15) is 6.29 Å². The van der Waals surface area contributed by atoms with Gasteiger partial charge in [0.05, 0.1) is 10.8 Å². The van der Waals surface area contributed by atoms with E-state index in [0.29, 0.717) is 23.4 Å². The molecule has 1 amide bonds. The first kappa shape index (κ1) is 27.3. The molecular formula is C29H40F2N2O2S. The molecule has 2 atom stereocenters. The summed E-state index contributed by atoms with van der Waals surface area (Å²) in [5.41, 5.74) is 1.46. The lowest BCUT2D eigenvalue weighted by atomic mass is 9.76. The summed E-state index contributed by atoms with van der Waals surface area (Å²) in [7, 11) is 0. The first-order valence-electron chi connectivity index (χ1n) is 13.4. The number of carbonyl (C=O) groups is 2. The molecule has 198 valence electrons. The number of thioether (sulfide) groups is 1. The van der Waals surface area contributed by atoms with Gasteiger partial charge in [0, 0.05) is 18.0 Å². The number of aldehydes is 1. The third kappa shape index (κ3) is 6.03. The van der Waals surface area contributed by atoms with Crippen LogP contribution in [-0.2, 0) is 19.8 Å². The number of nitrogens with one attached hydrogen (secondary N) is 1. The Kier molecular flexibility index (Phi) is 8.28. The number of alkyl halides is 2. The molecule has 4 nitrogen and oxygen atoms in total. The molecule has 36 heavy (non-hydrogen) atoms. The fourth-order valence-electron chi connectivity index (χ4n) is 5.81. The Labute approximate surface area is 218 Å². The zero-order chi connectivity index (χ0) is 26.1. The molecule has 2 unspecified atom stereocenters. The van der Waals surface area contributed by atoms with Crippen molar-refractivity contribution in [1.29, 1.82) is 0 Å². The van der Waals surface area contributed by atoms with Crippen LogP contribution in [0, 0.1) is 17.8 Å². The number of carbonyl (C=O) groups excluding carboxylic acids is 2. The molecule has 0 bridgehead atoms. The minimum Gasteiger partial charge on any atom is -0.350 e. The highest BCUT2D eigenvalue weighted by molar-refractivity contribution is 8.16. The Hall–Kier alpha value is -1.76. The first-order chi connectivity index (χ1) is 17.0. The molecule has 1 aliphatic heterocycles. The van der Waals surface area contributed by atoms with Crippen molar-refractivity contribution in [2.75, 3.05) is 6.54 Å². The topological polar surface area (TPSA) is 58.5 Å². The second-order valence-corrected chi connectivity index (χ2v) is 13.7.